The topological polar surface area (TPSA) is 61.4 Å². The number of hydrogen-bond acceptors (Lipinski definition) is 3. The molecule has 0 aliphatic rings. The van der Waals surface area contributed by atoms with E-state index in [1.165, 1.54) is 11.3 Å². The van der Waals surface area contributed by atoms with Crippen molar-refractivity contribution in [3.63, 3.8) is 0 Å². The Morgan fingerprint density at radius 2 is 1.88 bits per heavy atom. The van der Waals surface area contributed by atoms with Gasteiger partial charge in [0.15, 0.2) is 0 Å². The lowest BCUT2D eigenvalue weighted by Gasteiger charge is -2.22. The van der Waals surface area contributed by atoms with Gasteiger partial charge in [0.1, 0.15) is 5.60 Å². The third-order valence-electron chi connectivity index (χ3n) is 3.92. The fraction of sp³-hybridized carbons (Fsp3) is 0.211. The second-order valence-electron chi connectivity index (χ2n) is 6.09. The maximum absolute atomic E-state index is 12.0. The van der Waals surface area contributed by atoms with Gasteiger partial charge in [-0.3, -0.25) is 0 Å². The quantitative estimate of drug-likeness (QED) is 0.624. The van der Waals surface area contributed by atoms with Gasteiger partial charge in [-0.05, 0) is 42.1 Å². The zero-order valence-corrected chi connectivity index (χ0v) is 15.3. The van der Waals surface area contributed by atoms with Gasteiger partial charge in [0, 0.05) is 21.1 Å². The Balaban J connectivity index is 1.55. The number of fused-ring (bicyclic) bond motifs is 1. The van der Waals surface area contributed by atoms with Crippen LogP contribution in [0.15, 0.2) is 54.6 Å². The summed E-state index contributed by atoms with van der Waals surface area (Å²) >= 11 is 7.37. The fourth-order valence-electron chi connectivity index (χ4n) is 2.43. The highest BCUT2D eigenvalue weighted by atomic mass is 35.5. The lowest BCUT2D eigenvalue weighted by molar-refractivity contribution is 0.0632. The van der Waals surface area contributed by atoms with Crippen molar-refractivity contribution in [3.8, 4) is 0 Å². The summed E-state index contributed by atoms with van der Waals surface area (Å²) < 4.78 is 1.12. The second-order valence-corrected chi connectivity index (χ2v) is 7.61. The minimum Gasteiger partial charge on any atom is -0.383 e. The van der Waals surface area contributed by atoms with E-state index in [0.29, 0.717) is 11.6 Å². The number of rotatable bonds is 5. The Bertz CT molecular complexity index is 842. The van der Waals surface area contributed by atoms with Gasteiger partial charge in [-0.2, -0.15) is 0 Å². The van der Waals surface area contributed by atoms with Crippen LogP contribution in [0.4, 0.5) is 4.79 Å². The van der Waals surface area contributed by atoms with Crippen molar-refractivity contribution >= 4 is 39.1 Å². The van der Waals surface area contributed by atoms with E-state index in [1.807, 2.05) is 42.5 Å². The van der Waals surface area contributed by atoms with Gasteiger partial charge < -0.3 is 15.7 Å². The Labute approximate surface area is 155 Å². The molecule has 25 heavy (non-hydrogen) atoms. The number of carbonyl (C=O) groups is 1. The predicted octanol–water partition coefficient (Wildman–Crippen LogP) is 4.26. The number of benzene rings is 2. The molecule has 0 saturated heterocycles. The van der Waals surface area contributed by atoms with Crippen LogP contribution in [-0.2, 0) is 12.1 Å². The summed E-state index contributed by atoms with van der Waals surface area (Å²) in [7, 11) is 0. The van der Waals surface area contributed by atoms with Crippen molar-refractivity contribution in [3.05, 3.63) is 70.1 Å². The van der Waals surface area contributed by atoms with Gasteiger partial charge in [0.05, 0.1) is 6.54 Å². The van der Waals surface area contributed by atoms with Crippen molar-refractivity contribution in [1.82, 2.24) is 10.6 Å². The van der Waals surface area contributed by atoms with Crippen molar-refractivity contribution in [2.45, 2.75) is 19.1 Å². The molecule has 1 heterocycles. The van der Waals surface area contributed by atoms with Crippen LogP contribution in [0, 0.1) is 0 Å². The van der Waals surface area contributed by atoms with Crippen LogP contribution >= 0.6 is 22.9 Å². The lowest BCUT2D eigenvalue weighted by Crippen LogP contribution is -2.42. The average Bonchev–Trinajstić information content (AvgIpc) is 3.05. The number of nitrogens with one attached hydrogen (secondary N) is 2. The summed E-state index contributed by atoms with van der Waals surface area (Å²) in [6.07, 6.45) is 0. The molecule has 0 aliphatic carbocycles. The summed E-state index contributed by atoms with van der Waals surface area (Å²) in [5, 5.41) is 18.0. The molecule has 3 N–H and O–H groups in total. The van der Waals surface area contributed by atoms with Gasteiger partial charge in [-0.25, -0.2) is 4.79 Å². The Hall–Kier alpha value is -2.08. The molecule has 0 spiro atoms. The lowest BCUT2D eigenvalue weighted by atomic mass is 10.0. The van der Waals surface area contributed by atoms with E-state index >= 15 is 0 Å². The number of urea groups is 1. The molecule has 6 heteroatoms. The highest BCUT2D eigenvalue weighted by Crippen LogP contribution is 2.32. The normalized spacial score (nSPS) is 13.4. The van der Waals surface area contributed by atoms with E-state index in [-0.39, 0.29) is 12.6 Å². The van der Waals surface area contributed by atoms with Crippen molar-refractivity contribution < 1.29 is 9.90 Å². The molecule has 2 amide bonds. The average molecular weight is 375 g/mol. The zero-order chi connectivity index (χ0) is 17.9. The minimum atomic E-state index is -1.12. The highest BCUT2D eigenvalue weighted by molar-refractivity contribution is 7.19. The first-order valence-electron chi connectivity index (χ1n) is 7.92. The molecule has 1 unspecified atom stereocenters. The molecule has 0 fully saturated rings. The summed E-state index contributed by atoms with van der Waals surface area (Å²) in [6.45, 7) is 2.23. The van der Waals surface area contributed by atoms with Crippen LogP contribution in [0.25, 0.3) is 10.1 Å². The van der Waals surface area contributed by atoms with Crippen LogP contribution in [0.1, 0.15) is 17.4 Å². The maximum Gasteiger partial charge on any atom is 0.315 e. The maximum atomic E-state index is 12.0. The summed E-state index contributed by atoms with van der Waals surface area (Å²) in [4.78, 5) is 12.8. The molecule has 0 radical (unpaired) electrons. The first-order chi connectivity index (χ1) is 11.9. The van der Waals surface area contributed by atoms with E-state index in [2.05, 4.69) is 10.6 Å². The van der Waals surface area contributed by atoms with E-state index in [1.54, 1.807) is 19.1 Å². The predicted molar refractivity (Wildman–Crippen MR) is 103 cm³/mol. The molecule has 3 aromatic rings. The van der Waals surface area contributed by atoms with Crippen molar-refractivity contribution in [2.24, 2.45) is 0 Å². The van der Waals surface area contributed by atoms with Gasteiger partial charge in [0.2, 0.25) is 0 Å². The van der Waals surface area contributed by atoms with Crippen LogP contribution in [0.3, 0.4) is 0 Å². The standard InChI is InChI=1S/C19H19ClN2O2S/c1-19(24,17-10-14-4-2-3-5-16(14)25-17)12-22-18(23)21-11-13-6-8-15(20)9-7-13/h2-10,24H,11-12H2,1H3,(H2,21,22,23). The molecule has 2 aromatic carbocycles. The van der Waals surface area contributed by atoms with Crippen LogP contribution < -0.4 is 10.6 Å². The summed E-state index contributed by atoms with van der Waals surface area (Å²) in [5.74, 6) is 0. The first kappa shape index (κ1) is 17.7. The SMILES string of the molecule is CC(O)(CNC(=O)NCc1ccc(Cl)cc1)c1cc2ccccc2s1. The van der Waals surface area contributed by atoms with Crippen LogP contribution in [0.2, 0.25) is 5.02 Å². The summed E-state index contributed by atoms with van der Waals surface area (Å²) in [5.41, 5.74) is -0.169. The van der Waals surface area contributed by atoms with E-state index in [4.69, 9.17) is 11.6 Å². The van der Waals surface area contributed by atoms with E-state index < -0.39 is 5.60 Å². The van der Waals surface area contributed by atoms with Gasteiger partial charge in [-0.1, -0.05) is 41.9 Å². The monoisotopic (exact) mass is 374 g/mol. The number of halogens is 1. The zero-order valence-electron chi connectivity index (χ0n) is 13.8. The Kier molecular flexibility index (Phi) is 5.27. The first-order valence-corrected chi connectivity index (χ1v) is 9.11. The number of amides is 2. The highest BCUT2D eigenvalue weighted by Gasteiger charge is 2.26. The van der Waals surface area contributed by atoms with Crippen LogP contribution in [-0.4, -0.2) is 17.7 Å². The van der Waals surface area contributed by atoms with Gasteiger partial charge in [0.25, 0.3) is 0 Å². The number of carbonyl (C=O) groups excluding carboxylic acids is 1. The molecule has 0 aliphatic heterocycles. The molecule has 1 atom stereocenters. The smallest absolute Gasteiger partial charge is 0.315 e. The minimum absolute atomic E-state index is 0.131. The molecule has 3 rings (SSSR count). The molecule has 130 valence electrons. The molecule has 4 nitrogen and oxygen atoms in total. The molecule has 1 aromatic heterocycles. The van der Waals surface area contributed by atoms with Gasteiger partial charge in [-0.15, -0.1) is 11.3 Å². The van der Waals surface area contributed by atoms with Crippen LogP contribution in [0.5, 0.6) is 0 Å². The fourth-order valence-corrected chi connectivity index (χ4v) is 3.67. The third kappa shape index (κ3) is 4.51. The third-order valence-corrected chi connectivity index (χ3v) is 5.54. The number of thiophene rings is 1. The van der Waals surface area contributed by atoms with Crippen molar-refractivity contribution in [1.29, 1.82) is 0 Å². The Morgan fingerprint density at radius 3 is 2.60 bits per heavy atom. The van der Waals surface area contributed by atoms with Crippen molar-refractivity contribution in [2.75, 3.05) is 6.54 Å². The van der Waals surface area contributed by atoms with Gasteiger partial charge >= 0.3 is 6.03 Å². The largest absolute Gasteiger partial charge is 0.383 e. The molecular formula is C19H19ClN2O2S. The Morgan fingerprint density at radius 1 is 1.16 bits per heavy atom. The second kappa shape index (κ2) is 7.44. The molecular weight excluding hydrogens is 356 g/mol. The van der Waals surface area contributed by atoms with E-state index in [0.717, 1.165) is 20.5 Å². The summed E-state index contributed by atoms with van der Waals surface area (Å²) in [6, 6.07) is 16.9. The molecule has 0 saturated carbocycles. The number of aliphatic hydroxyl groups is 1. The van der Waals surface area contributed by atoms with E-state index in [9.17, 15) is 9.90 Å². The molecule has 0 bridgehead atoms. The number of hydrogen-bond donors (Lipinski definition) is 3.